The largest absolute Gasteiger partial charge is 0.346 e. The first-order chi connectivity index (χ1) is 9.63. The summed E-state index contributed by atoms with van der Waals surface area (Å²) in [6.07, 6.45) is 2.53. The number of carbonyl (C=O) groups excluding carboxylic acids is 1. The van der Waals surface area contributed by atoms with Gasteiger partial charge in [0, 0.05) is 16.9 Å². The predicted molar refractivity (Wildman–Crippen MR) is 81.2 cm³/mol. The molecule has 1 amide bonds. The number of aromatic nitrogens is 1. The summed E-state index contributed by atoms with van der Waals surface area (Å²) in [6.45, 7) is 4.58. The van der Waals surface area contributed by atoms with Gasteiger partial charge in [-0.2, -0.15) is 0 Å². The van der Waals surface area contributed by atoms with Gasteiger partial charge in [-0.15, -0.1) is 11.3 Å². The third-order valence-corrected chi connectivity index (χ3v) is 4.75. The van der Waals surface area contributed by atoms with Crippen molar-refractivity contribution in [2.45, 2.75) is 39.2 Å². The highest BCUT2D eigenvalue weighted by atomic mass is 32.1. The Morgan fingerprint density at radius 1 is 1.35 bits per heavy atom. The third-order valence-electron chi connectivity index (χ3n) is 3.70. The van der Waals surface area contributed by atoms with E-state index in [1.807, 2.05) is 37.4 Å². The summed E-state index contributed by atoms with van der Waals surface area (Å²) in [7, 11) is 0. The molecule has 0 spiro atoms. The van der Waals surface area contributed by atoms with Crippen molar-refractivity contribution in [1.82, 2.24) is 10.3 Å². The summed E-state index contributed by atoms with van der Waals surface area (Å²) in [4.78, 5) is 16.7. The lowest BCUT2D eigenvalue weighted by Crippen LogP contribution is -2.23. The maximum Gasteiger partial charge on any atom is 0.251 e. The van der Waals surface area contributed by atoms with E-state index in [-0.39, 0.29) is 5.91 Å². The fourth-order valence-electron chi connectivity index (χ4n) is 2.08. The number of hydrogen-bond donors (Lipinski definition) is 1. The van der Waals surface area contributed by atoms with E-state index in [1.165, 1.54) is 23.4 Å². The molecule has 0 saturated heterocycles. The van der Waals surface area contributed by atoms with Crippen molar-refractivity contribution in [3.63, 3.8) is 0 Å². The molecule has 1 heterocycles. The number of aryl methyl sites for hydroxylation is 2. The predicted octanol–water partition coefficient (Wildman–Crippen LogP) is 3.57. The Hall–Kier alpha value is -1.68. The van der Waals surface area contributed by atoms with Gasteiger partial charge in [-0.1, -0.05) is 6.07 Å². The average molecular weight is 286 g/mol. The maximum absolute atomic E-state index is 12.1. The van der Waals surface area contributed by atoms with Gasteiger partial charge >= 0.3 is 0 Å². The second kappa shape index (κ2) is 5.37. The highest BCUT2D eigenvalue weighted by molar-refractivity contribution is 7.09. The maximum atomic E-state index is 12.1. The Balaban J connectivity index is 1.61. The molecule has 0 radical (unpaired) electrons. The smallest absolute Gasteiger partial charge is 0.251 e. The van der Waals surface area contributed by atoms with Gasteiger partial charge in [-0.3, -0.25) is 4.79 Å². The molecule has 1 aromatic heterocycles. The monoisotopic (exact) mass is 286 g/mol. The fraction of sp³-hybridized carbons (Fsp3) is 0.375. The van der Waals surface area contributed by atoms with Gasteiger partial charge in [0.1, 0.15) is 0 Å². The summed E-state index contributed by atoms with van der Waals surface area (Å²) < 4.78 is 0. The van der Waals surface area contributed by atoms with E-state index in [1.54, 1.807) is 11.3 Å². The highest BCUT2D eigenvalue weighted by Crippen LogP contribution is 2.41. The highest BCUT2D eigenvalue weighted by Gasteiger charge is 2.26. The van der Waals surface area contributed by atoms with Crippen LogP contribution >= 0.6 is 11.3 Å². The molecule has 3 nitrogen and oxygen atoms in total. The molecule has 3 rings (SSSR count). The molecule has 0 unspecified atom stereocenters. The summed E-state index contributed by atoms with van der Waals surface area (Å²) in [5.74, 6) is 0.651. The van der Waals surface area contributed by atoms with E-state index in [0.29, 0.717) is 18.0 Å². The topological polar surface area (TPSA) is 42.0 Å². The zero-order valence-electron chi connectivity index (χ0n) is 11.8. The van der Waals surface area contributed by atoms with Gasteiger partial charge in [0.05, 0.1) is 17.2 Å². The summed E-state index contributed by atoms with van der Waals surface area (Å²) in [6, 6.07) is 5.79. The second-order valence-electron chi connectivity index (χ2n) is 5.43. The van der Waals surface area contributed by atoms with Crippen molar-refractivity contribution < 1.29 is 4.79 Å². The number of rotatable bonds is 4. The Bertz CT molecular complexity index is 644. The van der Waals surface area contributed by atoms with Crippen LogP contribution in [-0.4, -0.2) is 10.9 Å². The zero-order chi connectivity index (χ0) is 14.1. The van der Waals surface area contributed by atoms with E-state index >= 15 is 0 Å². The van der Waals surface area contributed by atoms with E-state index in [0.717, 1.165) is 11.3 Å². The van der Waals surface area contributed by atoms with Gasteiger partial charge in [0.25, 0.3) is 5.91 Å². The number of carbonyl (C=O) groups is 1. The van der Waals surface area contributed by atoms with Crippen molar-refractivity contribution in [2.24, 2.45) is 0 Å². The Kier molecular flexibility index (Phi) is 3.57. The summed E-state index contributed by atoms with van der Waals surface area (Å²) in [5.41, 5.74) is 4.03. The number of nitrogens with zero attached hydrogens (tertiary/aromatic N) is 1. The van der Waals surface area contributed by atoms with Gasteiger partial charge < -0.3 is 5.32 Å². The lowest BCUT2D eigenvalue weighted by molar-refractivity contribution is 0.0950. The first kappa shape index (κ1) is 13.3. The minimum absolute atomic E-state index is 0.0333. The lowest BCUT2D eigenvalue weighted by Gasteiger charge is -2.06. The standard InChI is InChI=1S/C16H18N2OS/c1-10-3-4-13(7-11(10)2)15(19)17-8-14-9-20-16(18-14)12-5-6-12/h3-4,7,9,12H,5-6,8H2,1-2H3,(H,17,19). The van der Waals surface area contributed by atoms with Crippen molar-refractivity contribution >= 4 is 17.2 Å². The molecule has 20 heavy (non-hydrogen) atoms. The molecule has 1 aliphatic rings. The fourth-order valence-corrected chi connectivity index (χ4v) is 3.07. The van der Waals surface area contributed by atoms with Crippen LogP contribution in [0.3, 0.4) is 0 Å². The molecule has 1 fully saturated rings. The molecule has 1 aliphatic carbocycles. The van der Waals surface area contributed by atoms with Crippen LogP contribution in [0, 0.1) is 13.8 Å². The normalized spacial score (nSPS) is 14.3. The first-order valence-electron chi connectivity index (χ1n) is 6.93. The van der Waals surface area contributed by atoms with Crippen LogP contribution in [0.2, 0.25) is 0 Å². The lowest BCUT2D eigenvalue weighted by atomic mass is 10.1. The van der Waals surface area contributed by atoms with Crippen LogP contribution in [0.5, 0.6) is 0 Å². The number of benzene rings is 1. The molecule has 1 saturated carbocycles. The summed E-state index contributed by atoms with van der Waals surface area (Å²) >= 11 is 1.71. The molecule has 0 bridgehead atoms. The van der Waals surface area contributed by atoms with Crippen LogP contribution in [0.15, 0.2) is 23.6 Å². The molecule has 0 aliphatic heterocycles. The van der Waals surface area contributed by atoms with Gasteiger partial charge in [-0.05, 0) is 49.9 Å². The van der Waals surface area contributed by atoms with Crippen LogP contribution in [0.4, 0.5) is 0 Å². The van der Waals surface area contributed by atoms with Crippen molar-refractivity contribution in [3.8, 4) is 0 Å². The molecule has 2 aromatic rings. The minimum Gasteiger partial charge on any atom is -0.346 e. The molecular weight excluding hydrogens is 268 g/mol. The van der Waals surface area contributed by atoms with Gasteiger partial charge in [0.2, 0.25) is 0 Å². The Labute approximate surface area is 123 Å². The first-order valence-corrected chi connectivity index (χ1v) is 7.81. The molecule has 104 valence electrons. The number of hydrogen-bond acceptors (Lipinski definition) is 3. The van der Waals surface area contributed by atoms with E-state index in [4.69, 9.17) is 0 Å². The van der Waals surface area contributed by atoms with Crippen LogP contribution in [0.25, 0.3) is 0 Å². The average Bonchev–Trinajstić information content (AvgIpc) is 3.18. The van der Waals surface area contributed by atoms with Crippen LogP contribution in [0.1, 0.15) is 50.9 Å². The van der Waals surface area contributed by atoms with Crippen molar-refractivity contribution in [3.05, 3.63) is 51.0 Å². The molecule has 1 aromatic carbocycles. The van der Waals surface area contributed by atoms with Crippen LogP contribution < -0.4 is 5.32 Å². The molecule has 0 atom stereocenters. The van der Waals surface area contributed by atoms with E-state index in [9.17, 15) is 4.79 Å². The summed E-state index contributed by atoms with van der Waals surface area (Å²) in [5, 5.41) is 6.21. The van der Waals surface area contributed by atoms with Crippen LogP contribution in [-0.2, 0) is 6.54 Å². The van der Waals surface area contributed by atoms with Gasteiger partial charge in [-0.25, -0.2) is 4.98 Å². The Morgan fingerprint density at radius 3 is 2.85 bits per heavy atom. The quantitative estimate of drug-likeness (QED) is 0.933. The van der Waals surface area contributed by atoms with Gasteiger partial charge in [0.15, 0.2) is 0 Å². The molecular formula is C16H18N2OS. The zero-order valence-corrected chi connectivity index (χ0v) is 12.6. The van der Waals surface area contributed by atoms with E-state index in [2.05, 4.69) is 10.3 Å². The SMILES string of the molecule is Cc1ccc(C(=O)NCc2csc(C3CC3)n2)cc1C. The molecule has 4 heteroatoms. The number of nitrogens with one attached hydrogen (secondary N) is 1. The second-order valence-corrected chi connectivity index (χ2v) is 6.32. The van der Waals surface area contributed by atoms with Crippen molar-refractivity contribution in [1.29, 1.82) is 0 Å². The molecule has 1 N–H and O–H groups in total. The number of thiazole rings is 1. The minimum atomic E-state index is -0.0333. The Morgan fingerprint density at radius 2 is 2.15 bits per heavy atom. The number of amides is 1. The third kappa shape index (κ3) is 2.90. The van der Waals surface area contributed by atoms with Crippen molar-refractivity contribution in [2.75, 3.05) is 0 Å². The van der Waals surface area contributed by atoms with E-state index < -0.39 is 0 Å².